The van der Waals surface area contributed by atoms with Gasteiger partial charge < -0.3 is 9.90 Å². The summed E-state index contributed by atoms with van der Waals surface area (Å²) >= 11 is 0. The lowest BCUT2D eigenvalue weighted by atomic mass is 10.4. The van der Waals surface area contributed by atoms with Gasteiger partial charge >= 0.3 is 0 Å². The molecule has 0 aliphatic carbocycles. The number of carboxylic acid groups (broad SMARTS) is 1. The molecular weight excluding hydrogens is 180 g/mol. The number of imidazole rings is 1. The zero-order chi connectivity index (χ0) is 10.7. The summed E-state index contributed by atoms with van der Waals surface area (Å²) < 4.78 is 3.74. The van der Waals surface area contributed by atoms with E-state index in [1.807, 2.05) is 25.3 Å². The van der Waals surface area contributed by atoms with Crippen molar-refractivity contribution < 1.29 is 14.5 Å². The number of rotatable bonds is 4. The third-order valence-electron chi connectivity index (χ3n) is 2.39. The molecule has 0 N–H and O–H groups in total. The van der Waals surface area contributed by atoms with Crippen molar-refractivity contribution in [3.63, 3.8) is 0 Å². The van der Waals surface area contributed by atoms with Crippen molar-refractivity contribution in [1.29, 1.82) is 0 Å². The Labute approximate surface area is 83.8 Å². The Morgan fingerprint density at radius 3 is 2.50 bits per heavy atom. The maximum Gasteiger partial charge on any atom is 0.256 e. The molecule has 0 aromatic carbocycles. The van der Waals surface area contributed by atoms with Gasteiger partial charge in [-0.1, -0.05) is 6.92 Å². The van der Waals surface area contributed by atoms with E-state index >= 15 is 0 Å². The van der Waals surface area contributed by atoms with Gasteiger partial charge in [0, 0.05) is 6.42 Å². The fourth-order valence-electron chi connectivity index (χ4n) is 1.77. The number of carbonyl (C=O) groups is 1. The van der Waals surface area contributed by atoms with Crippen molar-refractivity contribution in [2.24, 2.45) is 0 Å². The van der Waals surface area contributed by atoms with E-state index in [0.29, 0.717) is 6.54 Å². The van der Waals surface area contributed by atoms with Gasteiger partial charge in [-0.15, -0.1) is 0 Å². The first-order valence-corrected chi connectivity index (χ1v) is 4.98. The molecule has 1 aromatic heterocycles. The number of carboxylic acids is 1. The second-order valence-electron chi connectivity index (χ2n) is 3.10. The predicted octanol–water partition coefficient (Wildman–Crippen LogP) is -0.259. The summed E-state index contributed by atoms with van der Waals surface area (Å²) in [6.07, 6.45) is 2.48. The molecule has 0 bridgehead atoms. The number of aromatic nitrogens is 2. The molecule has 0 radical (unpaired) electrons. The van der Waals surface area contributed by atoms with Crippen LogP contribution in [0, 0.1) is 0 Å². The molecule has 0 fully saturated rings. The zero-order valence-corrected chi connectivity index (χ0v) is 8.91. The Bertz CT molecular complexity index is 342. The van der Waals surface area contributed by atoms with Crippen LogP contribution >= 0.6 is 0 Å². The average Bonchev–Trinajstić information content (AvgIpc) is 2.54. The van der Waals surface area contributed by atoms with Crippen molar-refractivity contribution in [2.45, 2.75) is 40.3 Å². The number of hydrogen-bond donors (Lipinski definition) is 0. The fourth-order valence-corrected chi connectivity index (χ4v) is 1.77. The lowest BCUT2D eigenvalue weighted by molar-refractivity contribution is -0.700. The number of nitrogens with zero attached hydrogens (tertiary/aromatic N) is 2. The highest BCUT2D eigenvalue weighted by Gasteiger charge is 2.19. The van der Waals surface area contributed by atoms with Gasteiger partial charge in [0.25, 0.3) is 5.82 Å². The minimum atomic E-state index is -1.10. The molecule has 4 nitrogen and oxygen atoms in total. The molecule has 0 unspecified atom stereocenters. The van der Waals surface area contributed by atoms with Crippen LogP contribution in [-0.4, -0.2) is 10.5 Å². The van der Waals surface area contributed by atoms with Gasteiger partial charge in [0.15, 0.2) is 5.69 Å². The maximum absolute atomic E-state index is 10.8. The van der Waals surface area contributed by atoms with E-state index in [0.717, 1.165) is 18.8 Å². The third kappa shape index (κ3) is 1.64. The number of aromatic carboxylic acids is 1. The molecule has 14 heavy (non-hydrogen) atoms. The molecule has 0 aliphatic rings. The van der Waals surface area contributed by atoms with Gasteiger partial charge in [-0.3, -0.25) is 0 Å². The van der Waals surface area contributed by atoms with Gasteiger partial charge in [-0.25, -0.2) is 9.13 Å². The molecule has 1 aromatic rings. The SMILES string of the molecule is CCc1n(CC)c(C(=O)[O-])c[n+]1CC. The van der Waals surface area contributed by atoms with Gasteiger partial charge in [-0.2, -0.15) is 0 Å². The van der Waals surface area contributed by atoms with Crippen molar-refractivity contribution in [3.05, 3.63) is 17.7 Å². The first kappa shape index (κ1) is 10.8. The van der Waals surface area contributed by atoms with Crippen LogP contribution in [0.1, 0.15) is 37.1 Å². The predicted molar refractivity (Wildman–Crippen MR) is 49.7 cm³/mol. The minimum Gasteiger partial charge on any atom is -0.541 e. The molecule has 0 aliphatic heterocycles. The number of carbonyl (C=O) groups excluding carboxylic acids is 1. The van der Waals surface area contributed by atoms with E-state index < -0.39 is 5.97 Å². The molecule has 0 amide bonds. The van der Waals surface area contributed by atoms with Crippen LogP contribution < -0.4 is 9.67 Å². The number of hydrogen-bond acceptors (Lipinski definition) is 2. The maximum atomic E-state index is 10.8. The van der Waals surface area contributed by atoms with E-state index in [9.17, 15) is 9.90 Å². The Balaban J connectivity index is 3.31. The van der Waals surface area contributed by atoms with Crippen LogP contribution in [0.25, 0.3) is 0 Å². The Kier molecular flexibility index (Phi) is 3.28. The van der Waals surface area contributed by atoms with Crippen molar-refractivity contribution in [2.75, 3.05) is 0 Å². The van der Waals surface area contributed by atoms with Crippen LogP contribution in [0.15, 0.2) is 6.20 Å². The highest BCUT2D eigenvalue weighted by Crippen LogP contribution is 2.03. The van der Waals surface area contributed by atoms with Crippen LogP contribution in [0.3, 0.4) is 0 Å². The fraction of sp³-hybridized carbons (Fsp3) is 0.600. The van der Waals surface area contributed by atoms with Crippen molar-refractivity contribution in [3.8, 4) is 0 Å². The Hall–Kier alpha value is -1.32. The smallest absolute Gasteiger partial charge is 0.256 e. The zero-order valence-electron chi connectivity index (χ0n) is 8.91. The van der Waals surface area contributed by atoms with Crippen LogP contribution in [-0.2, 0) is 19.5 Å². The van der Waals surface area contributed by atoms with Gasteiger partial charge in [-0.05, 0) is 13.8 Å². The quantitative estimate of drug-likeness (QED) is 0.623. The molecule has 4 heteroatoms. The summed E-state index contributed by atoms with van der Waals surface area (Å²) in [6.45, 7) is 7.41. The van der Waals surface area contributed by atoms with E-state index in [1.165, 1.54) is 0 Å². The van der Waals surface area contributed by atoms with Gasteiger partial charge in [0.2, 0.25) is 0 Å². The Morgan fingerprint density at radius 1 is 1.50 bits per heavy atom. The first-order chi connectivity index (χ1) is 6.65. The lowest BCUT2D eigenvalue weighted by Crippen LogP contribution is -2.35. The summed E-state index contributed by atoms with van der Waals surface area (Å²) in [6, 6.07) is 0. The monoisotopic (exact) mass is 196 g/mol. The molecule has 1 rings (SSSR count). The normalized spacial score (nSPS) is 10.5. The van der Waals surface area contributed by atoms with Crippen molar-refractivity contribution >= 4 is 5.97 Å². The van der Waals surface area contributed by atoms with E-state index in [4.69, 9.17) is 0 Å². The van der Waals surface area contributed by atoms with Crippen LogP contribution in [0.5, 0.6) is 0 Å². The molecular formula is C10H16N2O2. The second-order valence-corrected chi connectivity index (χ2v) is 3.10. The minimum absolute atomic E-state index is 0.270. The van der Waals surface area contributed by atoms with E-state index in [1.54, 1.807) is 10.8 Å². The largest absolute Gasteiger partial charge is 0.541 e. The van der Waals surface area contributed by atoms with Gasteiger partial charge in [0.05, 0.1) is 13.1 Å². The molecule has 0 saturated carbocycles. The average molecular weight is 196 g/mol. The molecule has 1 heterocycles. The molecule has 0 saturated heterocycles. The lowest BCUT2D eigenvalue weighted by Gasteiger charge is -2.01. The standard InChI is InChI=1S/C10H16N2O2/c1-4-9-11(5-2)7-8(10(13)14)12(9)6-3/h7H,4-6H2,1-3H3. The van der Waals surface area contributed by atoms with Gasteiger partial charge in [0.1, 0.15) is 12.2 Å². The summed E-state index contributed by atoms with van der Waals surface area (Å²) in [5.74, 6) is -0.0667. The van der Waals surface area contributed by atoms with E-state index in [2.05, 4.69) is 0 Å². The van der Waals surface area contributed by atoms with Crippen molar-refractivity contribution in [1.82, 2.24) is 4.57 Å². The molecule has 78 valence electrons. The number of aryl methyl sites for hydroxylation is 1. The topological polar surface area (TPSA) is 48.9 Å². The molecule has 0 atom stereocenters. The summed E-state index contributed by atoms with van der Waals surface area (Å²) in [5.41, 5.74) is 0.270. The molecule has 0 spiro atoms. The van der Waals surface area contributed by atoms with Crippen LogP contribution in [0.4, 0.5) is 0 Å². The highest BCUT2D eigenvalue weighted by atomic mass is 16.4. The summed E-state index contributed by atoms with van der Waals surface area (Å²) in [7, 11) is 0. The third-order valence-corrected chi connectivity index (χ3v) is 2.39. The first-order valence-electron chi connectivity index (χ1n) is 4.98. The second kappa shape index (κ2) is 4.26. The van der Waals surface area contributed by atoms with E-state index in [-0.39, 0.29) is 5.69 Å². The highest BCUT2D eigenvalue weighted by molar-refractivity contribution is 5.83. The summed E-state index contributed by atoms with van der Waals surface area (Å²) in [4.78, 5) is 10.8. The Morgan fingerprint density at radius 2 is 2.14 bits per heavy atom. The van der Waals surface area contributed by atoms with Crippen LogP contribution in [0.2, 0.25) is 0 Å². The summed E-state index contributed by atoms with van der Waals surface area (Å²) in [5, 5.41) is 10.8.